The summed E-state index contributed by atoms with van der Waals surface area (Å²) in [5.41, 5.74) is 4.44. The Hall–Kier alpha value is -4.50. The molecule has 1 aromatic heterocycles. The lowest BCUT2D eigenvalue weighted by atomic mass is 9.79. The van der Waals surface area contributed by atoms with Crippen molar-refractivity contribution >= 4 is 37.6 Å². The summed E-state index contributed by atoms with van der Waals surface area (Å²) in [5, 5.41) is 5.66. The summed E-state index contributed by atoms with van der Waals surface area (Å²) in [5.74, 6) is -1.86. The quantitative estimate of drug-likeness (QED) is 0.361. The lowest BCUT2D eigenvalue weighted by Gasteiger charge is -2.39. The van der Waals surface area contributed by atoms with E-state index in [4.69, 9.17) is 0 Å². The molecule has 2 atom stereocenters. The molecule has 42 heavy (non-hydrogen) atoms. The zero-order chi connectivity index (χ0) is 29.3. The summed E-state index contributed by atoms with van der Waals surface area (Å²) in [6, 6.07) is 19.0. The minimum atomic E-state index is -3.47. The fourth-order valence-electron chi connectivity index (χ4n) is 6.62. The van der Waals surface area contributed by atoms with E-state index in [0.717, 1.165) is 34.2 Å². The smallest absolute Gasteiger partial charge is 0.260 e. The minimum absolute atomic E-state index is 0.195. The number of sulfone groups is 1. The molecule has 0 spiro atoms. The second-order valence-corrected chi connectivity index (χ2v) is 13.3. The van der Waals surface area contributed by atoms with Crippen molar-refractivity contribution in [2.24, 2.45) is 7.05 Å². The Balaban J connectivity index is 1.53. The van der Waals surface area contributed by atoms with Gasteiger partial charge in [-0.25, -0.2) is 17.2 Å². The van der Waals surface area contributed by atoms with Crippen molar-refractivity contribution in [2.75, 3.05) is 23.5 Å². The van der Waals surface area contributed by atoms with Gasteiger partial charge in [-0.1, -0.05) is 42.5 Å². The highest BCUT2D eigenvalue weighted by Crippen LogP contribution is 2.49. The topological polar surface area (TPSA) is 71.4 Å². The Morgan fingerprint density at radius 3 is 2.60 bits per heavy atom. The predicted molar refractivity (Wildman–Crippen MR) is 162 cm³/mol. The molecule has 4 aromatic rings. The van der Waals surface area contributed by atoms with Gasteiger partial charge in [0.15, 0.2) is 9.84 Å². The summed E-state index contributed by atoms with van der Waals surface area (Å²) < 4.78 is 56.0. The van der Waals surface area contributed by atoms with Crippen LogP contribution in [0.15, 0.2) is 101 Å². The van der Waals surface area contributed by atoms with Crippen molar-refractivity contribution in [3.05, 3.63) is 135 Å². The Labute approximate surface area is 241 Å². The average molecular weight is 584 g/mol. The van der Waals surface area contributed by atoms with Crippen LogP contribution in [-0.4, -0.2) is 37.6 Å². The van der Waals surface area contributed by atoms with Crippen LogP contribution in [0.4, 0.5) is 14.5 Å². The molecule has 3 heterocycles. The first-order valence-corrected chi connectivity index (χ1v) is 15.7. The van der Waals surface area contributed by atoms with E-state index in [0.29, 0.717) is 34.5 Å². The van der Waals surface area contributed by atoms with E-state index in [1.807, 2.05) is 30.3 Å². The van der Waals surface area contributed by atoms with Crippen molar-refractivity contribution in [2.45, 2.75) is 12.0 Å². The van der Waals surface area contributed by atoms with E-state index < -0.39 is 27.5 Å². The number of pyridine rings is 1. The number of rotatable bonds is 4. The molecule has 1 N–H and O–H groups in total. The van der Waals surface area contributed by atoms with Gasteiger partial charge in [0.2, 0.25) is 0 Å². The number of anilines is 1. The SMILES string of the molecule is Cn1ccc2c(c1=O)C1=C3C(=CN(c4ccc(F)cc4F)C3C(c3cccc4ccccc34)CN1)C=C2CS(C)(=O)=O. The number of halogens is 2. The van der Waals surface area contributed by atoms with E-state index >= 15 is 4.39 Å². The van der Waals surface area contributed by atoms with E-state index in [1.54, 1.807) is 36.5 Å². The Kier molecular flexibility index (Phi) is 5.99. The molecule has 0 radical (unpaired) electrons. The molecule has 2 aliphatic heterocycles. The van der Waals surface area contributed by atoms with Gasteiger partial charge in [0.1, 0.15) is 11.6 Å². The number of benzene rings is 3. The molecule has 3 aromatic carbocycles. The highest BCUT2D eigenvalue weighted by Gasteiger charge is 2.45. The van der Waals surface area contributed by atoms with Gasteiger partial charge in [0.05, 0.1) is 28.7 Å². The molecule has 9 heteroatoms. The van der Waals surface area contributed by atoms with Gasteiger partial charge >= 0.3 is 0 Å². The van der Waals surface area contributed by atoms with Gasteiger partial charge in [-0.15, -0.1) is 0 Å². The van der Waals surface area contributed by atoms with Gasteiger partial charge in [-0.2, -0.15) is 0 Å². The number of hydrogen-bond donors (Lipinski definition) is 1. The second-order valence-electron chi connectivity index (χ2n) is 11.1. The molecule has 0 bridgehead atoms. The molecule has 6 nitrogen and oxygen atoms in total. The van der Waals surface area contributed by atoms with E-state index in [9.17, 15) is 17.6 Å². The van der Waals surface area contributed by atoms with Crippen LogP contribution in [0, 0.1) is 11.6 Å². The first kappa shape index (κ1) is 26.4. The van der Waals surface area contributed by atoms with E-state index in [-0.39, 0.29) is 22.9 Å². The molecule has 0 saturated heterocycles. The van der Waals surface area contributed by atoms with Crippen molar-refractivity contribution in [1.82, 2.24) is 9.88 Å². The third-order valence-corrected chi connectivity index (χ3v) is 9.19. The molecule has 0 saturated carbocycles. The van der Waals surface area contributed by atoms with E-state index in [2.05, 4.69) is 17.4 Å². The van der Waals surface area contributed by atoms with Crippen LogP contribution in [0.3, 0.4) is 0 Å². The number of aryl methyl sites for hydroxylation is 1. The number of nitrogens with zero attached hydrogens (tertiary/aromatic N) is 2. The standard InChI is InChI=1S/C33H27F2N3O3S/c1-37-13-12-24-21(18-42(2,40)41)14-20-17-38(28-11-10-22(34)15-27(28)35)32-26(16-36-31(29(20)32)30(24)33(37)39)25-9-5-7-19-6-3-4-8-23(19)25/h3-15,17,26,32,36H,16,18H2,1-2H3. The molecule has 3 aliphatic rings. The number of aromatic nitrogens is 1. The minimum Gasteiger partial charge on any atom is -0.383 e. The molecule has 7 rings (SSSR count). The third-order valence-electron chi connectivity index (χ3n) is 8.36. The highest BCUT2D eigenvalue weighted by molar-refractivity contribution is 7.91. The zero-order valence-electron chi connectivity index (χ0n) is 22.9. The number of hydrogen-bond acceptors (Lipinski definition) is 5. The summed E-state index contributed by atoms with van der Waals surface area (Å²) in [6.07, 6.45) is 6.38. The zero-order valence-corrected chi connectivity index (χ0v) is 23.8. The molecule has 2 unspecified atom stereocenters. The third kappa shape index (κ3) is 4.18. The normalized spacial score (nSPS) is 19.6. The maximum Gasteiger partial charge on any atom is 0.260 e. The van der Waals surface area contributed by atoms with E-state index in [1.165, 1.54) is 16.7 Å². The molecular formula is C33H27F2N3O3S. The summed E-state index contributed by atoms with van der Waals surface area (Å²) >= 11 is 0. The first-order valence-electron chi connectivity index (χ1n) is 13.6. The Morgan fingerprint density at radius 1 is 1.02 bits per heavy atom. The molecule has 1 aliphatic carbocycles. The highest BCUT2D eigenvalue weighted by atomic mass is 32.2. The maximum atomic E-state index is 15.4. The lowest BCUT2D eigenvalue weighted by molar-refractivity contribution is 0.538. The van der Waals surface area contributed by atoms with Crippen LogP contribution in [0.1, 0.15) is 22.6 Å². The van der Waals surface area contributed by atoms with Gasteiger partial charge in [0, 0.05) is 49.8 Å². The van der Waals surface area contributed by atoms with Crippen LogP contribution < -0.4 is 15.8 Å². The first-order chi connectivity index (χ1) is 20.1. The van der Waals surface area contributed by atoms with Gasteiger partial charge in [0.25, 0.3) is 5.56 Å². The molecule has 0 amide bonds. The predicted octanol–water partition coefficient (Wildman–Crippen LogP) is 5.13. The molecule has 212 valence electrons. The van der Waals surface area contributed by atoms with Crippen LogP contribution in [0.2, 0.25) is 0 Å². The fraction of sp³-hybridized carbons (Fsp3) is 0.182. The van der Waals surface area contributed by atoms with Crippen molar-refractivity contribution < 1.29 is 17.2 Å². The summed E-state index contributed by atoms with van der Waals surface area (Å²) in [6.45, 7) is 0.427. The van der Waals surface area contributed by atoms with Crippen molar-refractivity contribution in [3.63, 3.8) is 0 Å². The second kappa shape index (κ2) is 9.52. The Morgan fingerprint density at radius 2 is 1.81 bits per heavy atom. The molecule has 0 fully saturated rings. The monoisotopic (exact) mass is 583 g/mol. The van der Waals surface area contributed by atoms with Crippen LogP contribution in [0.25, 0.3) is 22.0 Å². The van der Waals surface area contributed by atoms with Crippen LogP contribution >= 0.6 is 0 Å². The largest absolute Gasteiger partial charge is 0.383 e. The number of fused-ring (bicyclic) bond motifs is 3. The average Bonchev–Trinajstić information content (AvgIpc) is 3.25. The van der Waals surface area contributed by atoms with Crippen molar-refractivity contribution in [3.8, 4) is 0 Å². The number of allylic oxidation sites excluding steroid dienone is 1. The summed E-state index contributed by atoms with van der Waals surface area (Å²) in [4.78, 5) is 15.5. The fourth-order valence-corrected chi connectivity index (χ4v) is 7.43. The number of nitrogens with one attached hydrogen (secondary N) is 1. The lowest BCUT2D eigenvalue weighted by Crippen LogP contribution is -2.44. The van der Waals surface area contributed by atoms with Crippen LogP contribution in [-0.2, 0) is 16.9 Å². The summed E-state index contributed by atoms with van der Waals surface area (Å²) in [7, 11) is -1.81. The Bertz CT molecular complexity index is 2070. The maximum absolute atomic E-state index is 15.4. The van der Waals surface area contributed by atoms with Gasteiger partial charge in [-0.3, -0.25) is 4.79 Å². The van der Waals surface area contributed by atoms with Gasteiger partial charge < -0.3 is 14.8 Å². The van der Waals surface area contributed by atoms with Crippen molar-refractivity contribution in [1.29, 1.82) is 0 Å². The van der Waals surface area contributed by atoms with Gasteiger partial charge in [-0.05, 0) is 57.3 Å². The van der Waals surface area contributed by atoms with Crippen LogP contribution in [0.5, 0.6) is 0 Å². The molecular weight excluding hydrogens is 556 g/mol.